The Hall–Kier alpha value is -3.72. The molecule has 0 saturated heterocycles. The number of carboxylic acid groups (broad SMARTS) is 1. The molecule has 0 radical (unpaired) electrons. The van der Waals surface area contributed by atoms with Crippen LogP contribution >= 0.6 is 11.6 Å². The van der Waals surface area contributed by atoms with Gasteiger partial charge in [0.25, 0.3) is 5.91 Å². The molecule has 1 heterocycles. The summed E-state index contributed by atoms with van der Waals surface area (Å²) in [5.74, 6) is -2.99. The molecule has 0 unspecified atom stereocenters. The topological polar surface area (TPSA) is 138 Å². The number of rotatable bonds is 4. The van der Waals surface area contributed by atoms with Gasteiger partial charge < -0.3 is 16.2 Å². The summed E-state index contributed by atoms with van der Waals surface area (Å²) in [6.45, 7) is 0. The molecule has 0 spiro atoms. The summed E-state index contributed by atoms with van der Waals surface area (Å²) in [6.07, 6.45) is 0. The van der Waals surface area contributed by atoms with Gasteiger partial charge in [-0.3, -0.25) is 14.7 Å². The Bertz CT molecular complexity index is 1010. The van der Waals surface area contributed by atoms with Gasteiger partial charge in [0.05, 0.1) is 10.6 Å². The lowest BCUT2D eigenvalue weighted by Crippen LogP contribution is -2.13. The highest BCUT2D eigenvalue weighted by molar-refractivity contribution is 6.34. The standard InChI is InChI=1S/C11H7ClFN3O3.C7H7NO/c12-9-5(2-1-3-6(9)13)10(17)14-8-4-7(11(18)19)15-16-8;8-7(9)6-4-2-1-3-5-6/h1-4H,(H,18,19)(H2,14,15,16,17);1-5H,(H2,8,9). The van der Waals surface area contributed by atoms with Crippen LogP contribution in [0.3, 0.4) is 0 Å². The molecule has 1 aromatic heterocycles. The van der Waals surface area contributed by atoms with Crippen LogP contribution in [-0.2, 0) is 0 Å². The molecule has 0 bridgehead atoms. The van der Waals surface area contributed by atoms with Crippen LogP contribution in [0.2, 0.25) is 5.02 Å². The first-order chi connectivity index (χ1) is 13.3. The first-order valence-corrected chi connectivity index (χ1v) is 8.06. The zero-order valence-corrected chi connectivity index (χ0v) is 14.9. The van der Waals surface area contributed by atoms with Gasteiger partial charge in [0.15, 0.2) is 5.82 Å². The maximum absolute atomic E-state index is 13.2. The Morgan fingerprint density at radius 2 is 1.79 bits per heavy atom. The molecule has 8 nitrogen and oxygen atoms in total. The predicted octanol–water partition coefficient (Wildman–Crippen LogP) is 2.94. The second kappa shape index (κ2) is 9.28. The molecule has 2 aromatic carbocycles. The molecule has 0 fully saturated rings. The summed E-state index contributed by atoms with van der Waals surface area (Å²) < 4.78 is 13.2. The molecule has 0 aliphatic carbocycles. The third-order valence-electron chi connectivity index (χ3n) is 3.30. The van der Waals surface area contributed by atoms with Crippen LogP contribution in [-0.4, -0.2) is 33.1 Å². The number of carbonyl (C=O) groups is 3. The average molecular weight is 405 g/mol. The molecular weight excluding hydrogens is 391 g/mol. The van der Waals surface area contributed by atoms with E-state index in [1.807, 2.05) is 6.07 Å². The van der Waals surface area contributed by atoms with Crippen LogP contribution in [0.5, 0.6) is 0 Å². The van der Waals surface area contributed by atoms with Crippen molar-refractivity contribution < 1.29 is 23.9 Å². The number of nitrogens with zero attached hydrogens (tertiary/aromatic N) is 1. The number of anilines is 1. The third kappa shape index (κ3) is 5.39. The molecule has 5 N–H and O–H groups in total. The number of nitrogens with one attached hydrogen (secondary N) is 2. The minimum Gasteiger partial charge on any atom is -0.477 e. The molecule has 0 saturated carbocycles. The van der Waals surface area contributed by atoms with Crippen molar-refractivity contribution in [1.29, 1.82) is 0 Å². The van der Waals surface area contributed by atoms with Gasteiger partial charge in [0.1, 0.15) is 11.5 Å². The molecule has 0 aliphatic rings. The quantitative estimate of drug-likeness (QED) is 0.529. The average Bonchev–Trinajstić information content (AvgIpc) is 3.14. The number of hydrogen-bond acceptors (Lipinski definition) is 4. The number of hydrogen-bond donors (Lipinski definition) is 4. The summed E-state index contributed by atoms with van der Waals surface area (Å²) >= 11 is 5.65. The number of aromatic carboxylic acids is 1. The number of carbonyl (C=O) groups excluding carboxylic acids is 2. The first-order valence-electron chi connectivity index (χ1n) is 7.68. The molecule has 0 aliphatic heterocycles. The van der Waals surface area contributed by atoms with Gasteiger partial charge in [-0.05, 0) is 24.3 Å². The Balaban J connectivity index is 0.000000261. The lowest BCUT2D eigenvalue weighted by molar-refractivity contribution is 0.0690. The molecule has 28 heavy (non-hydrogen) atoms. The Kier molecular flexibility index (Phi) is 6.83. The minimum atomic E-state index is -1.21. The molecule has 144 valence electrons. The summed E-state index contributed by atoms with van der Waals surface area (Å²) in [5.41, 5.74) is 5.28. The number of aromatic nitrogens is 2. The zero-order valence-electron chi connectivity index (χ0n) is 14.1. The smallest absolute Gasteiger partial charge is 0.353 e. The van der Waals surface area contributed by atoms with Gasteiger partial charge in [-0.1, -0.05) is 35.9 Å². The van der Waals surface area contributed by atoms with Gasteiger partial charge in [-0.15, -0.1) is 0 Å². The molecule has 3 aromatic rings. The number of nitrogens with two attached hydrogens (primary N) is 1. The van der Waals surface area contributed by atoms with Crippen molar-refractivity contribution in [3.8, 4) is 0 Å². The summed E-state index contributed by atoms with van der Waals surface area (Å²) in [6, 6.07) is 13.7. The van der Waals surface area contributed by atoms with E-state index in [-0.39, 0.29) is 28.0 Å². The maximum Gasteiger partial charge on any atom is 0.353 e. The Morgan fingerprint density at radius 3 is 2.32 bits per heavy atom. The van der Waals surface area contributed by atoms with Crippen LogP contribution in [0.1, 0.15) is 31.2 Å². The van der Waals surface area contributed by atoms with E-state index in [0.717, 1.165) is 12.1 Å². The molecule has 0 atom stereocenters. The van der Waals surface area contributed by atoms with Crippen molar-refractivity contribution in [3.63, 3.8) is 0 Å². The van der Waals surface area contributed by atoms with E-state index in [2.05, 4.69) is 15.5 Å². The summed E-state index contributed by atoms with van der Waals surface area (Å²) in [5, 5.41) is 16.5. The maximum atomic E-state index is 13.2. The van der Waals surface area contributed by atoms with Crippen LogP contribution < -0.4 is 11.1 Å². The second-order valence-electron chi connectivity index (χ2n) is 5.26. The zero-order chi connectivity index (χ0) is 20.7. The fourth-order valence-electron chi connectivity index (χ4n) is 1.96. The summed E-state index contributed by atoms with van der Waals surface area (Å²) in [4.78, 5) is 32.8. The fourth-order valence-corrected chi connectivity index (χ4v) is 2.17. The first kappa shape index (κ1) is 20.6. The van der Waals surface area contributed by atoms with Crippen LogP contribution in [0.25, 0.3) is 0 Å². The lowest BCUT2D eigenvalue weighted by atomic mass is 10.2. The highest BCUT2D eigenvalue weighted by Gasteiger charge is 2.15. The second-order valence-corrected chi connectivity index (χ2v) is 5.64. The van der Waals surface area contributed by atoms with Crippen LogP contribution in [0.4, 0.5) is 10.2 Å². The fraction of sp³-hybridized carbons (Fsp3) is 0. The van der Waals surface area contributed by atoms with E-state index in [0.29, 0.717) is 5.56 Å². The van der Waals surface area contributed by atoms with E-state index in [4.69, 9.17) is 22.4 Å². The molecule has 3 rings (SSSR count). The van der Waals surface area contributed by atoms with Gasteiger partial charge >= 0.3 is 5.97 Å². The highest BCUT2D eigenvalue weighted by Crippen LogP contribution is 2.20. The number of primary amides is 1. The number of aromatic amines is 1. The monoisotopic (exact) mass is 404 g/mol. The largest absolute Gasteiger partial charge is 0.477 e. The van der Waals surface area contributed by atoms with E-state index >= 15 is 0 Å². The van der Waals surface area contributed by atoms with E-state index in [1.165, 1.54) is 12.1 Å². The number of carboxylic acids is 1. The SMILES string of the molecule is NC(=O)c1ccccc1.O=C(O)c1cc(NC(=O)c2cccc(F)c2Cl)n[nH]1. The summed E-state index contributed by atoms with van der Waals surface area (Å²) in [7, 11) is 0. The van der Waals surface area contributed by atoms with Crippen molar-refractivity contribution in [2.45, 2.75) is 0 Å². The van der Waals surface area contributed by atoms with Crippen molar-refractivity contribution in [2.24, 2.45) is 5.73 Å². The van der Waals surface area contributed by atoms with Crippen LogP contribution in [0, 0.1) is 5.82 Å². The lowest BCUT2D eigenvalue weighted by Gasteiger charge is -2.04. The Morgan fingerprint density at radius 1 is 1.11 bits per heavy atom. The van der Waals surface area contributed by atoms with Crippen molar-refractivity contribution >= 4 is 35.2 Å². The molecule has 2 amide bonds. The number of benzene rings is 2. The van der Waals surface area contributed by atoms with E-state index in [1.54, 1.807) is 24.3 Å². The van der Waals surface area contributed by atoms with Gasteiger partial charge in [0, 0.05) is 11.6 Å². The van der Waals surface area contributed by atoms with Gasteiger partial charge in [-0.2, -0.15) is 5.10 Å². The predicted molar refractivity (Wildman–Crippen MR) is 99.9 cm³/mol. The minimum absolute atomic E-state index is 0.00253. The third-order valence-corrected chi connectivity index (χ3v) is 3.69. The number of halogens is 2. The van der Waals surface area contributed by atoms with Gasteiger partial charge in [-0.25, -0.2) is 9.18 Å². The number of amides is 2. The Labute approximate surface area is 163 Å². The van der Waals surface area contributed by atoms with E-state index in [9.17, 15) is 18.8 Å². The molecular formula is C18H14ClFN4O4. The normalized spacial score (nSPS) is 9.79. The number of H-pyrrole nitrogens is 1. The van der Waals surface area contributed by atoms with E-state index < -0.39 is 17.7 Å². The van der Waals surface area contributed by atoms with Crippen molar-refractivity contribution in [2.75, 3.05) is 5.32 Å². The van der Waals surface area contributed by atoms with Gasteiger partial charge in [0.2, 0.25) is 5.91 Å². The highest BCUT2D eigenvalue weighted by atomic mass is 35.5. The van der Waals surface area contributed by atoms with Crippen molar-refractivity contribution in [3.05, 3.63) is 82.3 Å². The van der Waals surface area contributed by atoms with Crippen LogP contribution in [0.15, 0.2) is 54.6 Å². The molecule has 10 heteroatoms. The van der Waals surface area contributed by atoms with Crippen molar-refractivity contribution in [1.82, 2.24) is 10.2 Å².